The van der Waals surface area contributed by atoms with Gasteiger partial charge in [-0.05, 0) is 49.9 Å². The zero-order valence-electron chi connectivity index (χ0n) is 19.5. The highest BCUT2D eigenvalue weighted by atomic mass is 16.5. The van der Waals surface area contributed by atoms with E-state index in [0.29, 0.717) is 29.5 Å². The molecule has 34 heavy (non-hydrogen) atoms. The predicted molar refractivity (Wildman–Crippen MR) is 127 cm³/mol. The van der Waals surface area contributed by atoms with Crippen molar-refractivity contribution in [1.82, 2.24) is 15.2 Å². The third-order valence-electron chi connectivity index (χ3n) is 4.85. The van der Waals surface area contributed by atoms with Crippen LogP contribution in [0.2, 0.25) is 0 Å². The molecule has 10 nitrogen and oxygen atoms in total. The monoisotopic (exact) mass is 467 g/mol. The Morgan fingerprint density at radius 1 is 1.24 bits per heavy atom. The van der Waals surface area contributed by atoms with E-state index in [4.69, 9.17) is 19.9 Å². The van der Waals surface area contributed by atoms with Crippen LogP contribution in [0.5, 0.6) is 17.2 Å². The molecule has 1 aromatic carbocycles. The Balaban J connectivity index is 1.83. The highest BCUT2D eigenvalue weighted by Crippen LogP contribution is 2.28. The van der Waals surface area contributed by atoms with Gasteiger partial charge in [0.15, 0.2) is 0 Å². The van der Waals surface area contributed by atoms with E-state index in [1.54, 1.807) is 49.5 Å². The molecule has 0 spiro atoms. The highest BCUT2D eigenvalue weighted by Gasteiger charge is 2.22. The summed E-state index contributed by atoms with van der Waals surface area (Å²) < 4.78 is 16.9. The Bertz CT molecular complexity index is 1060. The van der Waals surface area contributed by atoms with Crippen LogP contribution >= 0.6 is 0 Å². The molecule has 3 rings (SSSR count). The van der Waals surface area contributed by atoms with Gasteiger partial charge in [-0.25, -0.2) is 4.98 Å². The van der Waals surface area contributed by atoms with Crippen molar-refractivity contribution in [3.63, 3.8) is 0 Å². The number of amides is 2. The number of amidine groups is 1. The van der Waals surface area contributed by atoms with Gasteiger partial charge in [-0.1, -0.05) is 0 Å². The average molecular weight is 468 g/mol. The van der Waals surface area contributed by atoms with Crippen molar-refractivity contribution in [2.24, 2.45) is 10.7 Å². The Morgan fingerprint density at radius 2 is 2.00 bits per heavy atom. The summed E-state index contributed by atoms with van der Waals surface area (Å²) in [5.41, 5.74) is 6.36. The summed E-state index contributed by atoms with van der Waals surface area (Å²) in [6, 6.07) is 8.01. The summed E-state index contributed by atoms with van der Waals surface area (Å²) in [5, 5.41) is 2.78. The lowest BCUT2D eigenvalue weighted by atomic mass is 10.2. The minimum Gasteiger partial charge on any atom is -0.488 e. The fraction of sp³-hybridized carbons (Fsp3) is 0.333. The van der Waals surface area contributed by atoms with E-state index in [1.807, 2.05) is 6.92 Å². The van der Waals surface area contributed by atoms with Crippen molar-refractivity contribution in [1.29, 1.82) is 0 Å². The number of nitrogens with zero attached hydrogens (tertiary/aromatic N) is 3. The minimum absolute atomic E-state index is 0.0487. The first-order valence-corrected chi connectivity index (χ1v) is 10.9. The number of likely N-dealkylation sites (tertiary alicyclic amines) is 1. The molecular weight excluding hydrogens is 438 g/mol. The number of hydrogen-bond donors (Lipinski definition) is 2. The van der Waals surface area contributed by atoms with Gasteiger partial charge >= 0.3 is 0 Å². The third-order valence-corrected chi connectivity index (χ3v) is 4.85. The minimum atomic E-state index is -0.554. The van der Waals surface area contributed by atoms with Crippen LogP contribution in [-0.4, -0.2) is 67.5 Å². The fourth-order valence-corrected chi connectivity index (χ4v) is 3.10. The van der Waals surface area contributed by atoms with Gasteiger partial charge in [-0.3, -0.25) is 9.59 Å². The molecule has 1 aromatic heterocycles. The van der Waals surface area contributed by atoms with Gasteiger partial charge in [-0.15, -0.1) is 0 Å². The molecule has 1 saturated heterocycles. The molecule has 0 saturated carbocycles. The first kappa shape index (κ1) is 24.7. The van der Waals surface area contributed by atoms with Crippen LogP contribution in [0.1, 0.15) is 34.2 Å². The van der Waals surface area contributed by atoms with Crippen LogP contribution in [0, 0.1) is 0 Å². The topological polar surface area (TPSA) is 128 Å². The van der Waals surface area contributed by atoms with Crippen LogP contribution in [0.25, 0.3) is 0 Å². The maximum Gasteiger partial charge on any atom is 0.279 e. The van der Waals surface area contributed by atoms with Crippen molar-refractivity contribution in [2.75, 3.05) is 33.9 Å². The van der Waals surface area contributed by atoms with Crippen LogP contribution in [-0.2, 0) is 4.74 Å². The van der Waals surface area contributed by atoms with Gasteiger partial charge in [0.2, 0.25) is 0 Å². The molecule has 1 fully saturated rings. The Kier molecular flexibility index (Phi) is 8.58. The van der Waals surface area contributed by atoms with Crippen molar-refractivity contribution < 1.29 is 23.8 Å². The number of hydrogen-bond acceptors (Lipinski definition) is 7. The number of ether oxygens (including phenoxy) is 3. The number of pyridine rings is 1. The van der Waals surface area contributed by atoms with E-state index >= 15 is 0 Å². The number of carbonyl (C=O) groups is 2. The van der Waals surface area contributed by atoms with E-state index in [0.717, 1.165) is 19.5 Å². The number of nitrogens with one attached hydrogen (secondary N) is 1. The summed E-state index contributed by atoms with van der Waals surface area (Å²) in [6.07, 6.45) is 5.26. The molecule has 2 aromatic rings. The smallest absolute Gasteiger partial charge is 0.279 e. The molecule has 0 bridgehead atoms. The van der Waals surface area contributed by atoms with Crippen molar-refractivity contribution >= 4 is 17.6 Å². The fourth-order valence-electron chi connectivity index (χ4n) is 3.10. The summed E-state index contributed by atoms with van der Waals surface area (Å²) in [5.74, 6) is 0.543. The number of nitrogens with two attached hydrogens (primary N) is 1. The van der Waals surface area contributed by atoms with Crippen LogP contribution in [0.15, 0.2) is 53.8 Å². The Morgan fingerprint density at radius 3 is 2.62 bits per heavy atom. The van der Waals surface area contributed by atoms with Crippen molar-refractivity contribution in [2.45, 2.75) is 19.4 Å². The molecule has 2 amide bonds. The van der Waals surface area contributed by atoms with Gasteiger partial charge in [0.05, 0.1) is 12.8 Å². The second-order valence-electron chi connectivity index (χ2n) is 7.67. The Labute approximate surface area is 198 Å². The number of rotatable bonds is 10. The first-order valence-electron chi connectivity index (χ1n) is 10.9. The van der Waals surface area contributed by atoms with E-state index in [9.17, 15) is 9.59 Å². The molecule has 0 aliphatic carbocycles. The van der Waals surface area contributed by atoms with Gasteiger partial charge in [0.1, 0.15) is 34.9 Å². The average Bonchev–Trinajstić information content (AvgIpc) is 2.77. The van der Waals surface area contributed by atoms with Gasteiger partial charge in [-0.2, -0.15) is 4.99 Å². The quantitative estimate of drug-likeness (QED) is 0.403. The van der Waals surface area contributed by atoms with Crippen LogP contribution in [0.3, 0.4) is 0 Å². The highest BCUT2D eigenvalue weighted by molar-refractivity contribution is 6.06. The lowest BCUT2D eigenvalue weighted by Gasteiger charge is -2.30. The van der Waals surface area contributed by atoms with Crippen molar-refractivity contribution in [3.05, 3.63) is 60.1 Å². The molecule has 1 aliphatic rings. The maximum absolute atomic E-state index is 12.7. The van der Waals surface area contributed by atoms with Gasteiger partial charge in [0, 0.05) is 38.9 Å². The van der Waals surface area contributed by atoms with Gasteiger partial charge in [0.25, 0.3) is 11.8 Å². The van der Waals surface area contributed by atoms with Crippen LogP contribution in [0.4, 0.5) is 0 Å². The molecule has 0 unspecified atom stereocenters. The number of benzene rings is 1. The van der Waals surface area contributed by atoms with Crippen LogP contribution < -0.4 is 20.5 Å². The number of methoxy groups -OCH3 is 1. The summed E-state index contributed by atoms with van der Waals surface area (Å²) in [7, 11) is 3.29. The molecule has 1 aliphatic heterocycles. The standard InChI is InChI=1S/C24H29N5O5/c1-16(15-32-3)33-19-11-17(23(30)28-22(25)7-8-26-2)12-20(13-19)34-18-5-6-21(27-14-18)24(31)29-9-4-10-29/h5-8,11-14,16,26H,4,9-10,15H2,1-3H3,(H2,25,28,30)/b8-7-/t16-/m0/s1. The molecule has 2 heterocycles. The van der Waals surface area contributed by atoms with Gasteiger partial charge < -0.3 is 30.2 Å². The second kappa shape index (κ2) is 11.8. The summed E-state index contributed by atoms with van der Waals surface area (Å²) in [4.78, 5) is 34.8. The summed E-state index contributed by atoms with van der Waals surface area (Å²) in [6.45, 7) is 3.71. The van der Waals surface area contributed by atoms with E-state index in [-0.39, 0.29) is 23.4 Å². The molecule has 3 N–H and O–H groups in total. The number of aliphatic imine (C=N–C) groups is 1. The zero-order valence-corrected chi connectivity index (χ0v) is 19.5. The largest absolute Gasteiger partial charge is 0.488 e. The lowest BCUT2D eigenvalue weighted by Crippen LogP contribution is -2.42. The lowest BCUT2D eigenvalue weighted by molar-refractivity contribution is 0.0645. The summed E-state index contributed by atoms with van der Waals surface area (Å²) >= 11 is 0. The van der Waals surface area contributed by atoms with E-state index in [1.165, 1.54) is 18.3 Å². The molecule has 10 heteroatoms. The predicted octanol–water partition coefficient (Wildman–Crippen LogP) is 2.36. The Hall–Kier alpha value is -3.92. The zero-order chi connectivity index (χ0) is 24.5. The number of aromatic nitrogens is 1. The SMILES string of the molecule is CN/C=C\C(N)=NC(=O)c1cc(Oc2ccc(C(=O)N3CCC3)nc2)cc(O[C@@H](C)COC)c1. The molecule has 180 valence electrons. The molecule has 1 atom stereocenters. The van der Waals surface area contributed by atoms with Crippen molar-refractivity contribution in [3.8, 4) is 17.2 Å². The first-order chi connectivity index (χ1) is 16.4. The second-order valence-corrected chi connectivity index (χ2v) is 7.67. The number of carbonyl (C=O) groups excluding carboxylic acids is 2. The molecular formula is C24H29N5O5. The van der Waals surface area contributed by atoms with E-state index < -0.39 is 5.91 Å². The third kappa shape index (κ3) is 6.79. The molecule has 0 radical (unpaired) electrons. The normalized spacial score (nSPS) is 14.4. The van der Waals surface area contributed by atoms with E-state index in [2.05, 4.69) is 15.3 Å². The maximum atomic E-state index is 12.7.